The number of carbonyl (C=O) groups is 1. The van der Waals surface area contributed by atoms with Gasteiger partial charge >= 0.3 is 0 Å². The maximum Gasteiger partial charge on any atom is 0.223 e. The van der Waals surface area contributed by atoms with Gasteiger partial charge in [-0.3, -0.25) is 4.79 Å². The van der Waals surface area contributed by atoms with Crippen LogP contribution in [0, 0.1) is 11.8 Å². The molecule has 1 amide bonds. The van der Waals surface area contributed by atoms with Crippen molar-refractivity contribution in [1.29, 1.82) is 0 Å². The predicted molar refractivity (Wildman–Crippen MR) is 76.4 cm³/mol. The van der Waals surface area contributed by atoms with Gasteiger partial charge in [-0.1, -0.05) is 24.0 Å². The summed E-state index contributed by atoms with van der Waals surface area (Å²) in [4.78, 5) is 13.9. The highest BCUT2D eigenvalue weighted by molar-refractivity contribution is 5.77. The van der Waals surface area contributed by atoms with E-state index in [2.05, 4.69) is 30.9 Å². The number of hydrogen-bond acceptors (Lipinski definition) is 2. The number of hydrogen-bond donors (Lipinski definition) is 1. The first-order valence-corrected chi connectivity index (χ1v) is 6.80. The molecule has 1 unspecified atom stereocenters. The van der Waals surface area contributed by atoms with E-state index in [1.165, 1.54) is 0 Å². The molecule has 0 aromatic heterocycles. The molecule has 0 aliphatic carbocycles. The van der Waals surface area contributed by atoms with Gasteiger partial charge in [-0.25, -0.2) is 0 Å². The van der Waals surface area contributed by atoms with E-state index < -0.39 is 0 Å². The van der Waals surface area contributed by atoms with Crippen molar-refractivity contribution in [3.63, 3.8) is 0 Å². The van der Waals surface area contributed by atoms with Crippen molar-refractivity contribution in [3.8, 4) is 11.8 Å². The standard InChI is InChI=1S/C16H20N2O/c1-13(18-11-3-2-9-16(18)19)15-8-4-6-14(12-15)7-5-10-17/h4,6,8,12-13H,2-3,9-11,17H2,1H3. The summed E-state index contributed by atoms with van der Waals surface area (Å²) in [7, 11) is 0. The lowest BCUT2D eigenvalue weighted by Gasteiger charge is -2.32. The Morgan fingerprint density at radius 1 is 1.42 bits per heavy atom. The van der Waals surface area contributed by atoms with Gasteiger partial charge in [-0.2, -0.15) is 0 Å². The molecule has 2 rings (SSSR count). The summed E-state index contributed by atoms with van der Waals surface area (Å²) in [6, 6.07) is 8.18. The van der Waals surface area contributed by atoms with Crippen molar-refractivity contribution >= 4 is 5.91 Å². The molecule has 0 radical (unpaired) electrons. The van der Waals surface area contributed by atoms with E-state index in [1.54, 1.807) is 0 Å². The zero-order valence-electron chi connectivity index (χ0n) is 11.4. The van der Waals surface area contributed by atoms with Crippen molar-refractivity contribution in [2.45, 2.75) is 32.2 Å². The minimum absolute atomic E-state index is 0.118. The summed E-state index contributed by atoms with van der Waals surface area (Å²) in [5, 5.41) is 0. The van der Waals surface area contributed by atoms with Crippen molar-refractivity contribution in [2.24, 2.45) is 5.73 Å². The van der Waals surface area contributed by atoms with Gasteiger partial charge < -0.3 is 10.6 Å². The highest BCUT2D eigenvalue weighted by Gasteiger charge is 2.23. The van der Waals surface area contributed by atoms with Gasteiger partial charge in [-0.05, 0) is 37.5 Å². The lowest BCUT2D eigenvalue weighted by Crippen LogP contribution is -2.37. The zero-order chi connectivity index (χ0) is 13.7. The molecule has 1 fully saturated rings. The molecule has 100 valence electrons. The fourth-order valence-corrected chi connectivity index (χ4v) is 2.45. The number of benzene rings is 1. The van der Waals surface area contributed by atoms with E-state index in [-0.39, 0.29) is 11.9 Å². The molecular weight excluding hydrogens is 236 g/mol. The van der Waals surface area contributed by atoms with Crippen molar-refractivity contribution < 1.29 is 4.79 Å². The minimum atomic E-state index is 0.118. The summed E-state index contributed by atoms with van der Waals surface area (Å²) in [6.45, 7) is 3.31. The molecule has 1 aliphatic heterocycles. The van der Waals surface area contributed by atoms with Crippen LogP contribution in [0.1, 0.15) is 43.4 Å². The average Bonchev–Trinajstić information content (AvgIpc) is 2.45. The number of amides is 1. The second-order valence-electron chi connectivity index (χ2n) is 4.85. The van der Waals surface area contributed by atoms with E-state index in [4.69, 9.17) is 5.73 Å². The SMILES string of the molecule is CC(c1cccc(C#CCN)c1)N1CCCCC1=O. The number of nitrogens with zero attached hydrogens (tertiary/aromatic N) is 1. The van der Waals surface area contributed by atoms with Crippen molar-refractivity contribution in [1.82, 2.24) is 4.90 Å². The second kappa shape index (κ2) is 6.40. The Morgan fingerprint density at radius 2 is 2.26 bits per heavy atom. The Kier molecular flexibility index (Phi) is 4.59. The number of piperidine rings is 1. The summed E-state index contributed by atoms with van der Waals surface area (Å²) in [5.41, 5.74) is 7.48. The molecule has 1 atom stereocenters. The van der Waals surface area contributed by atoms with E-state index >= 15 is 0 Å². The largest absolute Gasteiger partial charge is 0.336 e. The number of nitrogens with two attached hydrogens (primary N) is 1. The molecule has 3 heteroatoms. The molecule has 1 aliphatic rings. The smallest absolute Gasteiger partial charge is 0.223 e. The first-order chi connectivity index (χ1) is 9.22. The van der Waals surface area contributed by atoms with Crippen molar-refractivity contribution in [3.05, 3.63) is 35.4 Å². The van der Waals surface area contributed by atoms with Gasteiger partial charge in [-0.15, -0.1) is 0 Å². The van der Waals surface area contributed by atoms with Gasteiger partial charge in [0, 0.05) is 18.5 Å². The lowest BCUT2D eigenvalue weighted by molar-refractivity contribution is -0.135. The summed E-state index contributed by atoms with van der Waals surface area (Å²) in [5.74, 6) is 6.15. The fourth-order valence-electron chi connectivity index (χ4n) is 2.45. The van der Waals surface area contributed by atoms with Crippen LogP contribution in [-0.2, 0) is 4.79 Å². The third-order valence-electron chi connectivity index (χ3n) is 3.53. The highest BCUT2D eigenvalue weighted by Crippen LogP contribution is 2.25. The first-order valence-electron chi connectivity index (χ1n) is 6.80. The quantitative estimate of drug-likeness (QED) is 0.823. The van der Waals surface area contributed by atoms with Gasteiger partial charge in [0.25, 0.3) is 0 Å². The Morgan fingerprint density at radius 3 is 3.00 bits per heavy atom. The summed E-state index contributed by atoms with van der Waals surface area (Å²) < 4.78 is 0. The molecule has 0 bridgehead atoms. The molecule has 19 heavy (non-hydrogen) atoms. The second-order valence-corrected chi connectivity index (χ2v) is 4.85. The Balaban J connectivity index is 2.18. The average molecular weight is 256 g/mol. The molecule has 0 spiro atoms. The third-order valence-corrected chi connectivity index (χ3v) is 3.53. The van der Waals surface area contributed by atoms with Gasteiger partial charge in [0.2, 0.25) is 5.91 Å². The van der Waals surface area contributed by atoms with Crippen LogP contribution in [0.3, 0.4) is 0 Å². The Labute approximate surface area is 114 Å². The maximum atomic E-state index is 11.9. The molecule has 3 nitrogen and oxygen atoms in total. The van der Waals surface area contributed by atoms with Crippen molar-refractivity contribution in [2.75, 3.05) is 13.1 Å². The summed E-state index contributed by atoms with van der Waals surface area (Å²) >= 11 is 0. The van der Waals surface area contributed by atoms with Gasteiger partial charge in [0.05, 0.1) is 12.6 Å². The van der Waals surface area contributed by atoms with Gasteiger partial charge in [0.15, 0.2) is 0 Å². The Hall–Kier alpha value is -1.79. The number of carbonyl (C=O) groups excluding carboxylic acids is 1. The molecular formula is C16H20N2O. The number of likely N-dealkylation sites (tertiary alicyclic amines) is 1. The molecule has 2 N–H and O–H groups in total. The van der Waals surface area contributed by atoms with Crippen LogP contribution in [0.5, 0.6) is 0 Å². The number of rotatable bonds is 2. The lowest BCUT2D eigenvalue weighted by atomic mass is 10.0. The Bertz CT molecular complexity index is 513. The van der Waals surface area contributed by atoms with Crippen LogP contribution in [0.2, 0.25) is 0 Å². The maximum absolute atomic E-state index is 11.9. The van der Waals surface area contributed by atoms with Crippen LogP contribution in [0.4, 0.5) is 0 Å². The molecule has 1 aromatic carbocycles. The fraction of sp³-hybridized carbons (Fsp3) is 0.438. The monoisotopic (exact) mass is 256 g/mol. The van der Waals surface area contributed by atoms with Gasteiger partial charge in [0.1, 0.15) is 0 Å². The van der Waals surface area contributed by atoms with Crippen LogP contribution in [0.25, 0.3) is 0 Å². The van der Waals surface area contributed by atoms with Crippen LogP contribution in [0.15, 0.2) is 24.3 Å². The third kappa shape index (κ3) is 3.36. The molecule has 0 saturated carbocycles. The highest BCUT2D eigenvalue weighted by atomic mass is 16.2. The van der Waals surface area contributed by atoms with E-state index in [1.807, 2.05) is 17.0 Å². The minimum Gasteiger partial charge on any atom is -0.336 e. The van der Waals surface area contributed by atoms with E-state index in [0.29, 0.717) is 13.0 Å². The van der Waals surface area contributed by atoms with Crippen LogP contribution >= 0.6 is 0 Å². The molecule has 1 heterocycles. The first kappa shape index (κ1) is 13.6. The summed E-state index contributed by atoms with van der Waals surface area (Å²) in [6.07, 6.45) is 2.80. The predicted octanol–water partition coefficient (Wildman–Crippen LogP) is 2.07. The molecule has 1 saturated heterocycles. The zero-order valence-corrected chi connectivity index (χ0v) is 11.4. The van der Waals surface area contributed by atoms with Crippen LogP contribution < -0.4 is 5.73 Å². The van der Waals surface area contributed by atoms with E-state index in [9.17, 15) is 4.79 Å². The van der Waals surface area contributed by atoms with E-state index in [0.717, 1.165) is 30.5 Å². The molecule has 1 aromatic rings. The van der Waals surface area contributed by atoms with Crippen LogP contribution in [-0.4, -0.2) is 23.9 Å². The topological polar surface area (TPSA) is 46.3 Å². The normalized spacial score (nSPS) is 16.7.